The smallest absolute Gasteiger partial charge is 0.293 e. The Morgan fingerprint density at radius 3 is 2.56 bits per heavy atom. The van der Waals surface area contributed by atoms with Crippen molar-refractivity contribution in [3.8, 4) is 0 Å². The molecule has 1 heterocycles. The number of imidazole rings is 1. The van der Waals surface area contributed by atoms with Gasteiger partial charge in [-0.3, -0.25) is 4.79 Å². The molecule has 7 heteroatoms. The summed E-state index contributed by atoms with van der Waals surface area (Å²) in [6.45, 7) is 0.416. The van der Waals surface area contributed by atoms with Crippen LogP contribution in [0.15, 0.2) is 59.5 Å². The van der Waals surface area contributed by atoms with Crippen LogP contribution < -0.4 is 0 Å². The molecule has 0 saturated carbocycles. The number of hydrogen-bond acceptors (Lipinski definition) is 3. The van der Waals surface area contributed by atoms with Crippen molar-refractivity contribution in [3.05, 3.63) is 86.3 Å². The lowest BCUT2D eigenvalue weighted by Crippen LogP contribution is -2.17. The molecule has 1 N–H and O–H groups in total. The van der Waals surface area contributed by atoms with Gasteiger partial charge in [-0.15, -0.1) is 0 Å². The number of ether oxygens (including phenoxy) is 1. The van der Waals surface area contributed by atoms with Crippen molar-refractivity contribution in [2.45, 2.75) is 12.0 Å². The Labute approximate surface area is 163 Å². The summed E-state index contributed by atoms with van der Waals surface area (Å²) in [6.07, 6.45) is 2.64. The van der Waals surface area contributed by atoms with Crippen molar-refractivity contribution in [2.75, 3.05) is 0 Å². The molecule has 0 aliphatic heterocycles. The number of carbonyl (C=O) groups excluding carboxylic acids is 1. The SMILES string of the molecule is O=COC(c1ccc(Br)cc1Cl)C(c1c[nH]cn1)c1ccccc1Cl. The third-order valence-electron chi connectivity index (χ3n) is 3.85. The quantitative estimate of drug-likeness (QED) is 0.514. The summed E-state index contributed by atoms with van der Waals surface area (Å²) in [5, 5.41) is 1.04. The van der Waals surface area contributed by atoms with Gasteiger partial charge in [0.2, 0.25) is 0 Å². The summed E-state index contributed by atoms with van der Waals surface area (Å²) in [7, 11) is 0. The van der Waals surface area contributed by atoms with Crippen molar-refractivity contribution < 1.29 is 9.53 Å². The second kappa shape index (κ2) is 8.04. The monoisotopic (exact) mass is 438 g/mol. The second-order valence-corrected chi connectivity index (χ2v) is 7.04. The van der Waals surface area contributed by atoms with E-state index in [1.807, 2.05) is 30.3 Å². The first-order chi connectivity index (χ1) is 12.1. The van der Waals surface area contributed by atoms with E-state index in [0.29, 0.717) is 27.8 Å². The highest BCUT2D eigenvalue weighted by Gasteiger charge is 2.32. The fourth-order valence-electron chi connectivity index (χ4n) is 2.77. The van der Waals surface area contributed by atoms with E-state index in [1.165, 1.54) is 0 Å². The van der Waals surface area contributed by atoms with Gasteiger partial charge in [0.25, 0.3) is 6.47 Å². The molecule has 3 rings (SSSR count). The third kappa shape index (κ3) is 3.89. The number of carbonyl (C=O) groups is 1. The van der Waals surface area contributed by atoms with Crippen molar-refractivity contribution in [1.29, 1.82) is 0 Å². The molecule has 2 atom stereocenters. The van der Waals surface area contributed by atoms with Gasteiger partial charge < -0.3 is 9.72 Å². The molecule has 0 radical (unpaired) electrons. The molecule has 1 aromatic heterocycles. The topological polar surface area (TPSA) is 55.0 Å². The predicted octanol–water partition coefficient (Wildman–Crippen LogP) is 5.53. The number of benzene rings is 2. The minimum Gasteiger partial charge on any atom is -0.459 e. The van der Waals surface area contributed by atoms with Gasteiger partial charge in [0.1, 0.15) is 6.10 Å². The Kier molecular flexibility index (Phi) is 5.78. The van der Waals surface area contributed by atoms with Gasteiger partial charge in [-0.1, -0.05) is 63.4 Å². The van der Waals surface area contributed by atoms with Gasteiger partial charge in [-0.25, -0.2) is 4.98 Å². The highest BCUT2D eigenvalue weighted by atomic mass is 79.9. The highest BCUT2D eigenvalue weighted by molar-refractivity contribution is 9.10. The van der Waals surface area contributed by atoms with Gasteiger partial charge in [-0.2, -0.15) is 0 Å². The maximum atomic E-state index is 11.2. The summed E-state index contributed by atoms with van der Waals surface area (Å²) >= 11 is 16.2. The Balaban J connectivity index is 2.18. The molecule has 0 fully saturated rings. The van der Waals surface area contributed by atoms with Gasteiger partial charge in [0.05, 0.1) is 17.9 Å². The van der Waals surface area contributed by atoms with Crippen molar-refractivity contribution in [3.63, 3.8) is 0 Å². The number of aromatic nitrogens is 2. The first-order valence-electron chi connectivity index (χ1n) is 7.39. The summed E-state index contributed by atoms with van der Waals surface area (Å²) in [4.78, 5) is 18.5. The third-order valence-corrected chi connectivity index (χ3v) is 5.02. The Morgan fingerprint density at radius 2 is 1.92 bits per heavy atom. The predicted molar refractivity (Wildman–Crippen MR) is 101 cm³/mol. The number of H-pyrrole nitrogens is 1. The van der Waals surface area contributed by atoms with Crippen LogP contribution in [0.2, 0.25) is 10.0 Å². The van der Waals surface area contributed by atoms with Crippen LogP contribution in [0.4, 0.5) is 0 Å². The number of nitrogens with one attached hydrogen (secondary N) is 1. The molecule has 4 nitrogen and oxygen atoms in total. The van der Waals surface area contributed by atoms with Crippen LogP contribution in [0.1, 0.15) is 28.8 Å². The van der Waals surface area contributed by atoms with Crippen LogP contribution in [0.25, 0.3) is 0 Å². The molecule has 0 saturated heterocycles. The standard InChI is InChI=1S/C18H13BrCl2N2O2/c19-11-5-6-13(15(21)7-11)18(25-10-24)17(16-8-22-9-23-16)12-3-1-2-4-14(12)20/h1-10,17-18H,(H,22,23). The van der Waals surface area contributed by atoms with Crippen LogP contribution in [0, 0.1) is 0 Å². The fraction of sp³-hybridized carbons (Fsp3) is 0.111. The van der Waals surface area contributed by atoms with E-state index in [1.54, 1.807) is 24.7 Å². The Bertz CT molecular complexity index is 871. The molecular weight excluding hydrogens is 427 g/mol. The maximum Gasteiger partial charge on any atom is 0.293 e. The molecule has 25 heavy (non-hydrogen) atoms. The summed E-state index contributed by atoms with van der Waals surface area (Å²) in [6, 6.07) is 12.8. The van der Waals surface area contributed by atoms with Gasteiger partial charge in [0.15, 0.2) is 0 Å². The lowest BCUT2D eigenvalue weighted by atomic mass is 9.86. The summed E-state index contributed by atoms with van der Waals surface area (Å²) < 4.78 is 6.28. The average molecular weight is 440 g/mol. The summed E-state index contributed by atoms with van der Waals surface area (Å²) in [5.74, 6) is -0.413. The van der Waals surface area contributed by atoms with E-state index >= 15 is 0 Å². The van der Waals surface area contributed by atoms with Crippen LogP contribution in [0.5, 0.6) is 0 Å². The average Bonchev–Trinajstić information content (AvgIpc) is 3.10. The molecule has 0 spiro atoms. The molecule has 0 bridgehead atoms. The van der Waals surface area contributed by atoms with Gasteiger partial charge >= 0.3 is 0 Å². The normalized spacial score (nSPS) is 13.2. The van der Waals surface area contributed by atoms with E-state index in [-0.39, 0.29) is 0 Å². The molecule has 3 aromatic rings. The molecule has 0 amide bonds. The first-order valence-corrected chi connectivity index (χ1v) is 8.94. The summed E-state index contributed by atoms with van der Waals surface area (Å²) in [5.41, 5.74) is 2.16. The van der Waals surface area contributed by atoms with Gasteiger partial charge in [-0.05, 0) is 23.8 Å². The number of rotatable bonds is 6. The number of hydrogen-bond donors (Lipinski definition) is 1. The van der Waals surface area contributed by atoms with E-state index in [4.69, 9.17) is 27.9 Å². The number of halogens is 3. The zero-order valence-electron chi connectivity index (χ0n) is 12.8. The zero-order chi connectivity index (χ0) is 17.8. The van der Waals surface area contributed by atoms with E-state index in [0.717, 1.165) is 10.0 Å². The zero-order valence-corrected chi connectivity index (χ0v) is 15.9. The van der Waals surface area contributed by atoms with Crippen LogP contribution in [-0.2, 0) is 9.53 Å². The molecule has 2 aromatic carbocycles. The van der Waals surface area contributed by atoms with E-state index < -0.39 is 12.0 Å². The van der Waals surface area contributed by atoms with E-state index in [9.17, 15) is 4.79 Å². The van der Waals surface area contributed by atoms with Crippen LogP contribution in [-0.4, -0.2) is 16.4 Å². The minimum absolute atomic E-state index is 0.413. The molecular formula is C18H13BrCl2N2O2. The number of aromatic amines is 1. The van der Waals surface area contributed by atoms with Crippen molar-refractivity contribution >= 4 is 45.6 Å². The molecule has 128 valence electrons. The highest BCUT2D eigenvalue weighted by Crippen LogP contribution is 2.43. The fourth-order valence-corrected chi connectivity index (χ4v) is 3.80. The van der Waals surface area contributed by atoms with E-state index in [2.05, 4.69) is 25.9 Å². The molecule has 0 aliphatic rings. The molecule has 2 unspecified atom stereocenters. The van der Waals surface area contributed by atoms with Gasteiger partial charge in [0, 0.05) is 26.3 Å². The van der Waals surface area contributed by atoms with Crippen LogP contribution in [0.3, 0.4) is 0 Å². The minimum atomic E-state index is -0.679. The lowest BCUT2D eigenvalue weighted by Gasteiger charge is -2.26. The molecule has 0 aliphatic carbocycles. The Hall–Kier alpha value is -1.82. The first kappa shape index (κ1) is 18.0. The largest absolute Gasteiger partial charge is 0.459 e. The van der Waals surface area contributed by atoms with Crippen molar-refractivity contribution in [1.82, 2.24) is 9.97 Å². The van der Waals surface area contributed by atoms with Crippen LogP contribution >= 0.6 is 39.1 Å². The second-order valence-electron chi connectivity index (χ2n) is 5.31. The Morgan fingerprint density at radius 1 is 1.12 bits per heavy atom. The maximum absolute atomic E-state index is 11.2. The van der Waals surface area contributed by atoms with Crippen molar-refractivity contribution in [2.24, 2.45) is 0 Å². The number of nitrogens with zero attached hydrogens (tertiary/aromatic N) is 1. The lowest BCUT2D eigenvalue weighted by molar-refractivity contribution is -0.134.